The van der Waals surface area contributed by atoms with Gasteiger partial charge < -0.3 is 24.7 Å². The number of ether oxygens (including phenoxy) is 2. The lowest BCUT2D eigenvalue weighted by atomic mass is 10.0. The highest BCUT2D eigenvalue weighted by molar-refractivity contribution is 6.36. The fourth-order valence-corrected chi connectivity index (χ4v) is 5.15. The Balaban J connectivity index is 1.62. The van der Waals surface area contributed by atoms with Gasteiger partial charge >= 0.3 is 6.18 Å². The van der Waals surface area contributed by atoms with E-state index in [9.17, 15) is 31.5 Å². The molecule has 1 unspecified atom stereocenters. The normalized spacial score (nSPS) is 17.2. The van der Waals surface area contributed by atoms with Crippen LogP contribution in [-0.2, 0) is 29.5 Å². The maximum atomic E-state index is 12.9. The highest BCUT2D eigenvalue weighted by Gasteiger charge is 2.37. The van der Waals surface area contributed by atoms with Crippen LogP contribution in [0.3, 0.4) is 0 Å². The summed E-state index contributed by atoms with van der Waals surface area (Å²) in [6, 6.07) is 5.74. The van der Waals surface area contributed by atoms with Gasteiger partial charge in [-0.25, -0.2) is 13.8 Å². The minimum atomic E-state index is -4.68. The van der Waals surface area contributed by atoms with Crippen LogP contribution in [0.4, 0.5) is 22.0 Å². The standard InChI is InChI=1S/C27H27Cl2F5N4O4/c1-26(6-3-7-42-26)25(40)35-11-14-4-5-17(28)15(23(14)29)9-22-37-18-8-16(24(39)36-13-27(32,33)34)20(41-12-21(30)31)10-19(18)38(22)2/h4-5,8,10,21H,3,6-7,9,11-13H2,1-2H3,(H,35,40)(H,36,39). The molecule has 1 aliphatic heterocycles. The van der Waals surface area contributed by atoms with Crippen molar-refractivity contribution in [2.75, 3.05) is 19.8 Å². The maximum absolute atomic E-state index is 12.9. The molecule has 15 heteroatoms. The van der Waals surface area contributed by atoms with E-state index in [-0.39, 0.29) is 35.7 Å². The zero-order valence-corrected chi connectivity index (χ0v) is 24.0. The first-order valence-electron chi connectivity index (χ1n) is 12.8. The number of hydrogen-bond acceptors (Lipinski definition) is 5. The minimum absolute atomic E-state index is 0.0916. The van der Waals surface area contributed by atoms with Gasteiger partial charge in [0.25, 0.3) is 18.2 Å². The number of halogens is 7. The molecule has 0 spiro atoms. The van der Waals surface area contributed by atoms with Gasteiger partial charge in [-0.05, 0) is 43.0 Å². The van der Waals surface area contributed by atoms with Crippen molar-refractivity contribution in [2.45, 2.75) is 50.9 Å². The van der Waals surface area contributed by atoms with Crippen molar-refractivity contribution < 1.29 is 41.0 Å². The van der Waals surface area contributed by atoms with Gasteiger partial charge in [-0.1, -0.05) is 29.3 Å². The third-order valence-electron chi connectivity index (χ3n) is 6.87. The summed E-state index contributed by atoms with van der Waals surface area (Å²) in [5, 5.41) is 5.17. The molecule has 4 rings (SSSR count). The van der Waals surface area contributed by atoms with E-state index in [0.717, 1.165) is 6.42 Å². The molecule has 3 aromatic rings. The first-order chi connectivity index (χ1) is 19.7. The van der Waals surface area contributed by atoms with Crippen LogP contribution in [0.1, 0.15) is 47.1 Å². The van der Waals surface area contributed by atoms with Crippen LogP contribution in [-0.4, -0.2) is 59.3 Å². The second-order valence-electron chi connectivity index (χ2n) is 9.97. The molecule has 0 saturated carbocycles. The molecule has 0 aliphatic carbocycles. The van der Waals surface area contributed by atoms with Gasteiger partial charge in [-0.3, -0.25) is 9.59 Å². The average molecular weight is 637 g/mol. The Morgan fingerprint density at radius 3 is 2.60 bits per heavy atom. The Kier molecular flexibility index (Phi) is 9.53. The van der Waals surface area contributed by atoms with Gasteiger partial charge in [-0.15, -0.1) is 0 Å². The topological polar surface area (TPSA) is 94.5 Å². The summed E-state index contributed by atoms with van der Waals surface area (Å²) in [5.74, 6) is -1.36. The quantitative estimate of drug-likeness (QED) is 0.283. The molecule has 1 aliphatic rings. The van der Waals surface area contributed by atoms with E-state index in [2.05, 4.69) is 10.3 Å². The Hall–Kier alpha value is -3.16. The van der Waals surface area contributed by atoms with Crippen LogP contribution in [0.15, 0.2) is 24.3 Å². The molecule has 2 N–H and O–H groups in total. The van der Waals surface area contributed by atoms with Gasteiger partial charge in [0.05, 0.1) is 21.6 Å². The summed E-state index contributed by atoms with van der Waals surface area (Å²) < 4.78 is 75.9. The SMILES string of the molecule is Cn1c(Cc2c(Cl)ccc(CNC(=O)C3(C)CCCO3)c2Cl)nc2cc(C(=O)NCC(F)(F)F)c(OCC(F)F)cc21. The predicted molar refractivity (Wildman–Crippen MR) is 145 cm³/mol. The fourth-order valence-electron chi connectivity index (χ4n) is 4.58. The molecule has 1 aromatic heterocycles. The number of hydrogen-bond donors (Lipinski definition) is 2. The molecule has 8 nitrogen and oxygen atoms in total. The molecule has 1 saturated heterocycles. The van der Waals surface area contributed by atoms with Crippen molar-refractivity contribution in [2.24, 2.45) is 7.05 Å². The lowest BCUT2D eigenvalue weighted by Crippen LogP contribution is -2.43. The number of nitrogens with zero attached hydrogens (tertiary/aromatic N) is 2. The number of carbonyl (C=O) groups is 2. The van der Waals surface area contributed by atoms with E-state index in [1.165, 1.54) is 12.1 Å². The van der Waals surface area contributed by atoms with Crippen LogP contribution >= 0.6 is 23.2 Å². The van der Waals surface area contributed by atoms with E-state index in [1.54, 1.807) is 36.0 Å². The van der Waals surface area contributed by atoms with Crippen molar-refractivity contribution in [3.8, 4) is 5.75 Å². The van der Waals surface area contributed by atoms with Crippen molar-refractivity contribution in [1.82, 2.24) is 20.2 Å². The first-order valence-corrected chi connectivity index (χ1v) is 13.6. The zero-order chi connectivity index (χ0) is 30.8. The van der Waals surface area contributed by atoms with Crippen LogP contribution in [0, 0.1) is 0 Å². The fraction of sp³-hybridized carbons (Fsp3) is 0.444. The van der Waals surface area contributed by atoms with Crippen LogP contribution in [0.25, 0.3) is 11.0 Å². The number of rotatable bonds is 10. The van der Waals surface area contributed by atoms with Gasteiger partial charge in [-0.2, -0.15) is 13.2 Å². The summed E-state index contributed by atoms with van der Waals surface area (Å²) >= 11 is 13.1. The molecular formula is C27H27Cl2F5N4O4. The molecule has 2 amide bonds. The van der Waals surface area contributed by atoms with Crippen LogP contribution in [0.2, 0.25) is 10.0 Å². The lowest BCUT2D eigenvalue weighted by molar-refractivity contribution is -0.139. The second-order valence-corrected chi connectivity index (χ2v) is 10.8. The maximum Gasteiger partial charge on any atom is 0.405 e. The van der Waals surface area contributed by atoms with Crippen LogP contribution in [0.5, 0.6) is 5.75 Å². The summed E-state index contributed by atoms with van der Waals surface area (Å²) in [6.45, 7) is -0.343. The van der Waals surface area contributed by atoms with E-state index >= 15 is 0 Å². The Morgan fingerprint density at radius 2 is 1.95 bits per heavy atom. The van der Waals surface area contributed by atoms with Crippen molar-refractivity contribution in [3.63, 3.8) is 0 Å². The van der Waals surface area contributed by atoms with Gasteiger partial charge in [0, 0.05) is 37.7 Å². The largest absolute Gasteiger partial charge is 0.487 e. The van der Waals surface area contributed by atoms with Crippen molar-refractivity contribution in [1.29, 1.82) is 0 Å². The highest BCUT2D eigenvalue weighted by Crippen LogP contribution is 2.33. The van der Waals surface area contributed by atoms with Gasteiger partial charge in [0.15, 0.2) is 0 Å². The molecule has 0 radical (unpaired) electrons. The molecule has 228 valence electrons. The smallest absolute Gasteiger partial charge is 0.405 e. The van der Waals surface area contributed by atoms with Crippen LogP contribution < -0.4 is 15.4 Å². The zero-order valence-electron chi connectivity index (χ0n) is 22.5. The number of alkyl halides is 5. The molecule has 2 aromatic carbocycles. The van der Waals surface area contributed by atoms with E-state index < -0.39 is 37.3 Å². The van der Waals surface area contributed by atoms with Gasteiger partial charge in [0.1, 0.15) is 30.3 Å². The van der Waals surface area contributed by atoms with E-state index in [4.69, 9.17) is 32.7 Å². The molecule has 0 bridgehead atoms. The third-order valence-corrected chi connectivity index (χ3v) is 7.70. The molecule has 42 heavy (non-hydrogen) atoms. The number of aromatic nitrogens is 2. The number of aryl methyl sites for hydroxylation is 1. The number of imidazole rings is 1. The Morgan fingerprint density at radius 1 is 1.21 bits per heavy atom. The molecule has 2 heterocycles. The number of benzene rings is 2. The number of amides is 2. The summed E-state index contributed by atoms with van der Waals surface area (Å²) in [7, 11) is 1.62. The Bertz CT molecular complexity index is 1490. The summed E-state index contributed by atoms with van der Waals surface area (Å²) in [4.78, 5) is 29.7. The predicted octanol–water partition coefficient (Wildman–Crippen LogP) is 5.59. The van der Waals surface area contributed by atoms with Crippen molar-refractivity contribution >= 4 is 46.0 Å². The van der Waals surface area contributed by atoms with Gasteiger partial charge in [0.2, 0.25) is 0 Å². The highest BCUT2D eigenvalue weighted by atomic mass is 35.5. The molecule has 1 atom stereocenters. The number of fused-ring (bicyclic) bond motifs is 1. The number of carbonyl (C=O) groups excluding carboxylic acids is 2. The molecule has 1 fully saturated rings. The summed E-state index contributed by atoms with van der Waals surface area (Å²) in [5.41, 5.74) is 0.359. The first kappa shape index (κ1) is 31.8. The molecular weight excluding hydrogens is 610 g/mol. The number of nitrogens with one attached hydrogen (secondary N) is 2. The monoisotopic (exact) mass is 636 g/mol. The van der Waals surface area contributed by atoms with E-state index in [1.807, 2.05) is 0 Å². The second kappa shape index (κ2) is 12.6. The Labute approximate surface area is 247 Å². The summed E-state index contributed by atoms with van der Waals surface area (Å²) in [6.07, 6.45) is -6.09. The lowest BCUT2D eigenvalue weighted by Gasteiger charge is -2.22. The van der Waals surface area contributed by atoms with Crippen molar-refractivity contribution in [3.05, 3.63) is 56.8 Å². The minimum Gasteiger partial charge on any atom is -0.487 e. The van der Waals surface area contributed by atoms with E-state index in [0.29, 0.717) is 45.5 Å². The average Bonchev–Trinajstić information content (AvgIpc) is 3.50. The third kappa shape index (κ3) is 7.24.